The lowest BCUT2D eigenvalue weighted by Gasteiger charge is -2.08. The van der Waals surface area contributed by atoms with Crippen molar-refractivity contribution in [1.82, 2.24) is 10.1 Å². The van der Waals surface area contributed by atoms with Crippen molar-refractivity contribution < 1.29 is 18.8 Å². The molecule has 2 N–H and O–H groups in total. The second-order valence-corrected chi connectivity index (χ2v) is 5.63. The van der Waals surface area contributed by atoms with E-state index in [1.807, 2.05) is 0 Å². The van der Waals surface area contributed by atoms with Crippen LogP contribution in [-0.4, -0.2) is 28.6 Å². The van der Waals surface area contributed by atoms with E-state index in [0.717, 1.165) is 0 Å². The maximum atomic E-state index is 12.5. The maximum Gasteiger partial charge on any atom is 0.338 e. The third-order valence-corrected chi connectivity index (χ3v) is 3.56. The maximum absolute atomic E-state index is 12.5. The molecule has 138 valence electrons. The topological polar surface area (TPSA) is 106 Å². The molecule has 0 aliphatic rings. The minimum absolute atomic E-state index is 0.305. The number of nitrogens with one attached hydrogen (secondary N) is 2. The van der Waals surface area contributed by atoms with Crippen LogP contribution in [0.3, 0.4) is 0 Å². The monoisotopic (exact) mass is 366 g/mol. The average molecular weight is 366 g/mol. The Morgan fingerprint density at radius 3 is 2.52 bits per heavy atom. The van der Waals surface area contributed by atoms with Crippen LogP contribution in [0.5, 0.6) is 0 Å². The molecular formula is C19H18N4O4. The molecule has 0 atom stereocenters. The van der Waals surface area contributed by atoms with Gasteiger partial charge in [-0.15, -0.1) is 0 Å². The molecule has 3 rings (SSSR count). The van der Waals surface area contributed by atoms with Crippen LogP contribution in [0.1, 0.15) is 33.4 Å². The molecule has 8 nitrogen and oxygen atoms in total. The molecule has 0 fully saturated rings. The zero-order valence-electron chi connectivity index (χ0n) is 14.9. The average Bonchev–Trinajstić information content (AvgIpc) is 3.07. The van der Waals surface area contributed by atoms with Gasteiger partial charge in [0.05, 0.1) is 12.2 Å². The number of carbonyl (C=O) groups is 2. The van der Waals surface area contributed by atoms with E-state index in [0.29, 0.717) is 40.8 Å². The number of amides is 1. The summed E-state index contributed by atoms with van der Waals surface area (Å²) in [6.07, 6.45) is 1.52. The van der Waals surface area contributed by atoms with Crippen LogP contribution in [0.25, 0.3) is 0 Å². The van der Waals surface area contributed by atoms with E-state index in [1.54, 1.807) is 56.3 Å². The van der Waals surface area contributed by atoms with Gasteiger partial charge in [-0.1, -0.05) is 5.16 Å². The number of benzene rings is 1. The van der Waals surface area contributed by atoms with Gasteiger partial charge in [-0.2, -0.15) is 0 Å². The van der Waals surface area contributed by atoms with Gasteiger partial charge in [0.25, 0.3) is 5.91 Å². The number of carbonyl (C=O) groups excluding carboxylic acids is 2. The van der Waals surface area contributed by atoms with Gasteiger partial charge in [-0.25, -0.2) is 9.78 Å². The molecule has 0 spiro atoms. The molecule has 0 unspecified atom stereocenters. The van der Waals surface area contributed by atoms with Gasteiger partial charge in [-0.3, -0.25) is 4.79 Å². The summed E-state index contributed by atoms with van der Waals surface area (Å²) in [4.78, 5) is 28.3. The number of anilines is 3. The van der Waals surface area contributed by atoms with Crippen molar-refractivity contribution in [3.05, 3.63) is 65.5 Å². The first-order chi connectivity index (χ1) is 13.0. The molecule has 0 aliphatic heterocycles. The zero-order valence-corrected chi connectivity index (χ0v) is 14.9. The molecule has 0 radical (unpaired) electrons. The number of hydrogen-bond acceptors (Lipinski definition) is 7. The smallest absolute Gasteiger partial charge is 0.338 e. The summed E-state index contributed by atoms with van der Waals surface area (Å²) in [5, 5.41) is 9.56. The van der Waals surface area contributed by atoms with Crippen LogP contribution in [0.2, 0.25) is 0 Å². The molecule has 0 saturated heterocycles. The summed E-state index contributed by atoms with van der Waals surface area (Å²) in [5.41, 5.74) is 1.40. The lowest BCUT2D eigenvalue weighted by Crippen LogP contribution is -2.13. The first-order valence-corrected chi connectivity index (χ1v) is 8.30. The number of ether oxygens (including phenoxy) is 1. The Morgan fingerprint density at radius 2 is 1.85 bits per heavy atom. The predicted molar refractivity (Wildman–Crippen MR) is 99.1 cm³/mol. The van der Waals surface area contributed by atoms with Crippen LogP contribution in [0.15, 0.2) is 53.2 Å². The second kappa shape index (κ2) is 8.13. The first kappa shape index (κ1) is 18.1. The molecule has 2 heterocycles. The van der Waals surface area contributed by atoms with Crippen molar-refractivity contribution in [2.75, 3.05) is 17.2 Å². The summed E-state index contributed by atoms with van der Waals surface area (Å²) in [6, 6.07) is 11.4. The Morgan fingerprint density at radius 1 is 1.07 bits per heavy atom. The number of rotatable bonds is 6. The Hall–Kier alpha value is -3.68. The molecule has 0 bridgehead atoms. The van der Waals surface area contributed by atoms with Crippen molar-refractivity contribution in [3.63, 3.8) is 0 Å². The van der Waals surface area contributed by atoms with Gasteiger partial charge in [-0.05, 0) is 50.2 Å². The zero-order chi connectivity index (χ0) is 19.2. The standard InChI is InChI=1S/C19H18N4O4/c1-3-26-19(25)13-4-6-15(7-5-13)21-18(24)14-8-9-20-16(11-14)22-17-10-12(2)27-23-17/h4-11H,3H2,1-2H3,(H,21,24)(H,20,22,23). The second-order valence-electron chi connectivity index (χ2n) is 5.63. The molecule has 0 aliphatic carbocycles. The molecule has 1 aromatic carbocycles. The van der Waals surface area contributed by atoms with Crippen LogP contribution in [0.4, 0.5) is 17.3 Å². The highest BCUT2D eigenvalue weighted by Crippen LogP contribution is 2.17. The van der Waals surface area contributed by atoms with E-state index in [2.05, 4.69) is 20.8 Å². The van der Waals surface area contributed by atoms with Crippen molar-refractivity contribution in [1.29, 1.82) is 0 Å². The van der Waals surface area contributed by atoms with Gasteiger partial charge in [0.2, 0.25) is 0 Å². The fraction of sp³-hybridized carbons (Fsp3) is 0.158. The lowest BCUT2D eigenvalue weighted by atomic mass is 10.2. The van der Waals surface area contributed by atoms with Gasteiger partial charge in [0, 0.05) is 23.5 Å². The highest BCUT2D eigenvalue weighted by Gasteiger charge is 2.10. The summed E-state index contributed by atoms with van der Waals surface area (Å²) >= 11 is 0. The van der Waals surface area contributed by atoms with Crippen molar-refractivity contribution in [3.8, 4) is 0 Å². The highest BCUT2D eigenvalue weighted by molar-refractivity contribution is 6.04. The number of aryl methyl sites for hydroxylation is 1. The van der Waals surface area contributed by atoms with E-state index >= 15 is 0 Å². The minimum Gasteiger partial charge on any atom is -0.462 e. The van der Waals surface area contributed by atoms with Gasteiger partial charge >= 0.3 is 5.97 Å². The molecule has 3 aromatic rings. The predicted octanol–water partition coefficient (Wildman–Crippen LogP) is 3.55. The Balaban J connectivity index is 1.67. The van der Waals surface area contributed by atoms with Gasteiger partial charge < -0.3 is 19.9 Å². The molecular weight excluding hydrogens is 348 g/mol. The number of aromatic nitrogens is 2. The largest absolute Gasteiger partial charge is 0.462 e. The first-order valence-electron chi connectivity index (χ1n) is 8.30. The normalized spacial score (nSPS) is 10.3. The lowest BCUT2D eigenvalue weighted by molar-refractivity contribution is 0.0526. The number of hydrogen-bond donors (Lipinski definition) is 2. The Labute approximate surface area is 155 Å². The molecule has 8 heteroatoms. The third kappa shape index (κ3) is 4.69. The summed E-state index contributed by atoms with van der Waals surface area (Å²) in [7, 11) is 0. The minimum atomic E-state index is -0.400. The molecule has 0 saturated carbocycles. The van der Waals surface area contributed by atoms with Crippen LogP contribution < -0.4 is 10.6 Å². The van der Waals surface area contributed by atoms with Crippen LogP contribution in [0, 0.1) is 6.92 Å². The highest BCUT2D eigenvalue weighted by atomic mass is 16.5. The number of nitrogens with zero attached hydrogens (tertiary/aromatic N) is 2. The van der Waals surface area contributed by atoms with Crippen molar-refractivity contribution in [2.24, 2.45) is 0 Å². The van der Waals surface area contributed by atoms with E-state index in [4.69, 9.17) is 9.26 Å². The van der Waals surface area contributed by atoms with Crippen LogP contribution in [-0.2, 0) is 4.74 Å². The SMILES string of the molecule is CCOC(=O)c1ccc(NC(=O)c2ccnc(Nc3cc(C)on3)c2)cc1. The van der Waals surface area contributed by atoms with Crippen molar-refractivity contribution >= 4 is 29.2 Å². The number of pyridine rings is 1. The fourth-order valence-electron chi connectivity index (χ4n) is 2.30. The van der Waals surface area contributed by atoms with E-state index in [-0.39, 0.29) is 5.91 Å². The summed E-state index contributed by atoms with van der Waals surface area (Å²) in [5.74, 6) is 0.933. The molecule has 27 heavy (non-hydrogen) atoms. The molecule has 2 aromatic heterocycles. The van der Waals surface area contributed by atoms with Crippen LogP contribution >= 0.6 is 0 Å². The van der Waals surface area contributed by atoms with Gasteiger partial charge in [0.15, 0.2) is 5.82 Å². The Bertz CT molecular complexity index is 950. The number of esters is 1. The van der Waals surface area contributed by atoms with Gasteiger partial charge in [0.1, 0.15) is 11.6 Å². The van der Waals surface area contributed by atoms with E-state index in [9.17, 15) is 9.59 Å². The van der Waals surface area contributed by atoms with Crippen molar-refractivity contribution in [2.45, 2.75) is 13.8 Å². The molecule has 1 amide bonds. The quantitative estimate of drug-likeness (QED) is 0.643. The fourth-order valence-corrected chi connectivity index (χ4v) is 2.30. The Kier molecular flexibility index (Phi) is 5.46. The third-order valence-electron chi connectivity index (χ3n) is 3.56. The van der Waals surface area contributed by atoms with E-state index in [1.165, 1.54) is 6.20 Å². The summed E-state index contributed by atoms with van der Waals surface area (Å²) in [6.45, 7) is 3.83. The van der Waals surface area contributed by atoms with E-state index < -0.39 is 5.97 Å². The summed E-state index contributed by atoms with van der Waals surface area (Å²) < 4.78 is 9.91.